The Bertz CT molecular complexity index is 877. The van der Waals surface area contributed by atoms with Crippen molar-refractivity contribution in [3.05, 3.63) is 53.6 Å². The zero-order chi connectivity index (χ0) is 19.9. The molecule has 0 aliphatic heterocycles. The van der Waals surface area contributed by atoms with Gasteiger partial charge in [-0.15, -0.1) is 0 Å². The summed E-state index contributed by atoms with van der Waals surface area (Å²) >= 11 is 0. The summed E-state index contributed by atoms with van der Waals surface area (Å²) in [5, 5.41) is 2.79. The van der Waals surface area contributed by atoms with Gasteiger partial charge < -0.3 is 10.1 Å². The zero-order valence-corrected chi connectivity index (χ0v) is 16.7. The first kappa shape index (κ1) is 20.9. The van der Waals surface area contributed by atoms with Gasteiger partial charge in [0.1, 0.15) is 10.6 Å². The number of benzene rings is 2. The smallest absolute Gasteiger partial charge is 0.255 e. The summed E-state index contributed by atoms with van der Waals surface area (Å²) in [6.45, 7) is 4.07. The van der Waals surface area contributed by atoms with Crippen LogP contribution in [0.4, 0.5) is 5.69 Å². The lowest BCUT2D eigenvalue weighted by molar-refractivity contribution is 0.102. The number of hydrogen-bond donors (Lipinski definition) is 2. The molecule has 146 valence electrons. The minimum atomic E-state index is -3.75. The third-order valence-electron chi connectivity index (χ3n) is 4.08. The Labute approximate surface area is 161 Å². The van der Waals surface area contributed by atoms with Crippen LogP contribution in [0.5, 0.6) is 5.75 Å². The van der Waals surface area contributed by atoms with Gasteiger partial charge in [0.2, 0.25) is 10.0 Å². The molecule has 0 aliphatic rings. The van der Waals surface area contributed by atoms with Crippen LogP contribution in [0, 0.1) is 0 Å². The zero-order valence-electron chi connectivity index (χ0n) is 15.9. The lowest BCUT2D eigenvalue weighted by Crippen LogP contribution is -2.24. The summed E-state index contributed by atoms with van der Waals surface area (Å²) in [6.07, 6.45) is 3.27. The van der Waals surface area contributed by atoms with Gasteiger partial charge in [0.15, 0.2) is 0 Å². The van der Waals surface area contributed by atoms with Crippen molar-refractivity contribution in [1.82, 2.24) is 4.72 Å². The fraction of sp³-hybridized carbons (Fsp3) is 0.350. The number of methoxy groups -OCH3 is 1. The molecule has 0 aliphatic carbocycles. The minimum Gasteiger partial charge on any atom is -0.495 e. The van der Waals surface area contributed by atoms with E-state index in [9.17, 15) is 13.2 Å². The second kappa shape index (κ2) is 9.53. The molecule has 2 aromatic rings. The Morgan fingerprint density at radius 2 is 1.78 bits per heavy atom. The van der Waals surface area contributed by atoms with Crippen LogP contribution in [-0.2, 0) is 16.4 Å². The van der Waals surface area contributed by atoms with Crippen molar-refractivity contribution in [1.29, 1.82) is 0 Å². The van der Waals surface area contributed by atoms with E-state index in [4.69, 9.17) is 4.74 Å². The van der Waals surface area contributed by atoms with Crippen LogP contribution in [-0.4, -0.2) is 28.0 Å². The molecule has 6 nitrogen and oxygen atoms in total. The number of nitrogens with one attached hydrogen (secondary N) is 2. The maximum Gasteiger partial charge on any atom is 0.255 e. The number of hydrogen-bond acceptors (Lipinski definition) is 4. The van der Waals surface area contributed by atoms with E-state index < -0.39 is 10.0 Å². The number of amides is 1. The number of carbonyl (C=O) groups excluding carboxylic acids is 1. The van der Waals surface area contributed by atoms with Crippen molar-refractivity contribution < 1.29 is 17.9 Å². The third kappa shape index (κ3) is 5.55. The van der Waals surface area contributed by atoms with Gasteiger partial charge in [0.25, 0.3) is 5.91 Å². The summed E-state index contributed by atoms with van der Waals surface area (Å²) in [4.78, 5) is 12.5. The van der Waals surface area contributed by atoms with Crippen molar-refractivity contribution >= 4 is 21.6 Å². The molecular formula is C20H26N2O4S. The highest BCUT2D eigenvalue weighted by atomic mass is 32.2. The predicted octanol–water partition coefficient (Wildman–Crippen LogP) is 3.59. The van der Waals surface area contributed by atoms with E-state index in [0.29, 0.717) is 5.69 Å². The first-order chi connectivity index (χ1) is 12.9. The number of aryl methyl sites for hydroxylation is 1. The molecular weight excluding hydrogens is 364 g/mol. The van der Waals surface area contributed by atoms with E-state index in [0.717, 1.165) is 19.3 Å². The first-order valence-corrected chi connectivity index (χ1v) is 10.5. The molecule has 0 spiro atoms. The SMILES string of the molecule is CCCCc1ccc(NC(=O)c2ccc(OC)c(S(=O)(=O)NCC)c2)cc1. The fourth-order valence-corrected chi connectivity index (χ4v) is 3.87. The maximum atomic E-state index is 12.5. The van der Waals surface area contributed by atoms with Gasteiger partial charge in [-0.25, -0.2) is 13.1 Å². The topological polar surface area (TPSA) is 84.5 Å². The molecule has 0 saturated carbocycles. The predicted molar refractivity (Wildman–Crippen MR) is 107 cm³/mol. The molecule has 0 saturated heterocycles. The average molecular weight is 391 g/mol. The number of anilines is 1. The van der Waals surface area contributed by atoms with Crippen molar-refractivity contribution in [2.24, 2.45) is 0 Å². The Morgan fingerprint density at radius 1 is 1.07 bits per heavy atom. The molecule has 2 rings (SSSR count). The molecule has 7 heteroatoms. The molecule has 0 atom stereocenters. The van der Waals surface area contributed by atoms with Crippen LogP contribution < -0.4 is 14.8 Å². The molecule has 0 heterocycles. The van der Waals surface area contributed by atoms with Crippen LogP contribution in [0.1, 0.15) is 42.6 Å². The van der Waals surface area contributed by atoms with Gasteiger partial charge in [-0.05, 0) is 48.7 Å². The number of sulfonamides is 1. The lowest BCUT2D eigenvalue weighted by atomic mass is 10.1. The lowest BCUT2D eigenvalue weighted by Gasteiger charge is -2.12. The summed E-state index contributed by atoms with van der Waals surface area (Å²) < 4.78 is 32.2. The molecule has 0 fully saturated rings. The Balaban J connectivity index is 2.21. The second-order valence-corrected chi connectivity index (χ2v) is 7.86. The molecule has 2 aromatic carbocycles. The number of carbonyl (C=O) groups is 1. The largest absolute Gasteiger partial charge is 0.495 e. The average Bonchev–Trinajstić information content (AvgIpc) is 2.66. The van der Waals surface area contributed by atoms with E-state index >= 15 is 0 Å². The van der Waals surface area contributed by atoms with Crippen molar-refractivity contribution in [2.45, 2.75) is 38.0 Å². The number of ether oxygens (including phenoxy) is 1. The monoisotopic (exact) mass is 390 g/mol. The number of rotatable bonds is 9. The fourth-order valence-electron chi connectivity index (χ4n) is 2.63. The van der Waals surface area contributed by atoms with Crippen LogP contribution >= 0.6 is 0 Å². The van der Waals surface area contributed by atoms with Crippen LogP contribution in [0.3, 0.4) is 0 Å². The van der Waals surface area contributed by atoms with Crippen molar-refractivity contribution in [2.75, 3.05) is 19.0 Å². The van der Waals surface area contributed by atoms with E-state index in [1.54, 1.807) is 6.92 Å². The highest BCUT2D eigenvalue weighted by Gasteiger charge is 2.21. The van der Waals surface area contributed by atoms with Gasteiger partial charge in [-0.3, -0.25) is 4.79 Å². The normalized spacial score (nSPS) is 11.2. The van der Waals surface area contributed by atoms with Gasteiger partial charge in [-0.1, -0.05) is 32.4 Å². The molecule has 0 radical (unpaired) electrons. The first-order valence-electron chi connectivity index (χ1n) is 8.99. The van der Waals surface area contributed by atoms with Gasteiger partial charge >= 0.3 is 0 Å². The minimum absolute atomic E-state index is 0.0607. The summed E-state index contributed by atoms with van der Waals surface area (Å²) in [5.41, 5.74) is 2.12. The Morgan fingerprint density at radius 3 is 2.37 bits per heavy atom. The molecule has 1 amide bonds. The van der Waals surface area contributed by atoms with Crippen molar-refractivity contribution in [3.8, 4) is 5.75 Å². The standard InChI is InChI=1S/C20H26N2O4S/c1-4-6-7-15-8-11-17(12-9-15)22-20(23)16-10-13-18(26-3)19(14-16)27(24,25)21-5-2/h8-14,21H,4-7H2,1-3H3,(H,22,23). The summed E-state index contributed by atoms with van der Waals surface area (Å²) in [7, 11) is -2.36. The van der Waals surface area contributed by atoms with Gasteiger partial charge in [-0.2, -0.15) is 0 Å². The maximum absolute atomic E-state index is 12.5. The molecule has 2 N–H and O–H groups in total. The van der Waals surface area contributed by atoms with E-state index in [1.807, 2.05) is 24.3 Å². The molecule has 0 unspecified atom stereocenters. The summed E-state index contributed by atoms with van der Waals surface area (Å²) in [5.74, 6) is -0.195. The van der Waals surface area contributed by atoms with E-state index in [1.165, 1.54) is 30.9 Å². The van der Waals surface area contributed by atoms with E-state index in [-0.39, 0.29) is 28.7 Å². The Hall–Kier alpha value is -2.38. The third-order valence-corrected chi connectivity index (χ3v) is 5.65. The highest BCUT2D eigenvalue weighted by Crippen LogP contribution is 2.25. The summed E-state index contributed by atoms with van der Waals surface area (Å²) in [6, 6.07) is 12.0. The van der Waals surface area contributed by atoms with Gasteiger partial charge in [0, 0.05) is 17.8 Å². The van der Waals surface area contributed by atoms with Crippen LogP contribution in [0.25, 0.3) is 0 Å². The van der Waals surface area contributed by atoms with Crippen LogP contribution in [0.15, 0.2) is 47.4 Å². The van der Waals surface area contributed by atoms with Crippen molar-refractivity contribution in [3.63, 3.8) is 0 Å². The number of unbranched alkanes of at least 4 members (excludes halogenated alkanes) is 1. The molecule has 27 heavy (non-hydrogen) atoms. The van der Waals surface area contributed by atoms with Gasteiger partial charge in [0.05, 0.1) is 7.11 Å². The highest BCUT2D eigenvalue weighted by molar-refractivity contribution is 7.89. The van der Waals surface area contributed by atoms with E-state index in [2.05, 4.69) is 17.0 Å². The quantitative estimate of drug-likeness (QED) is 0.685. The molecule has 0 bridgehead atoms. The molecule has 0 aromatic heterocycles. The van der Waals surface area contributed by atoms with Crippen LogP contribution in [0.2, 0.25) is 0 Å². The second-order valence-electron chi connectivity index (χ2n) is 6.12. The Kier molecular flexibility index (Phi) is 7.38.